The van der Waals surface area contributed by atoms with Gasteiger partial charge >= 0.3 is 0 Å². The van der Waals surface area contributed by atoms with Crippen LogP contribution in [0.25, 0.3) is 0 Å². The van der Waals surface area contributed by atoms with Gasteiger partial charge in [-0.1, -0.05) is 13.8 Å². The number of nitrogens with one attached hydrogen (secondary N) is 2. The van der Waals surface area contributed by atoms with Crippen LogP contribution in [0.3, 0.4) is 0 Å². The van der Waals surface area contributed by atoms with Crippen molar-refractivity contribution in [2.45, 2.75) is 52.6 Å². The summed E-state index contributed by atoms with van der Waals surface area (Å²) in [4.78, 5) is 13.9. The summed E-state index contributed by atoms with van der Waals surface area (Å²) in [5.74, 6) is 0.659. The van der Waals surface area contributed by atoms with E-state index in [0.717, 1.165) is 13.1 Å². The van der Waals surface area contributed by atoms with Gasteiger partial charge < -0.3 is 15.5 Å². The fourth-order valence-corrected chi connectivity index (χ4v) is 1.87. The smallest absolute Gasteiger partial charge is 0.221 e. The maximum atomic E-state index is 11.7. The summed E-state index contributed by atoms with van der Waals surface area (Å²) in [5, 5.41) is 6.33. The molecule has 4 heteroatoms. The van der Waals surface area contributed by atoms with Crippen LogP contribution in [-0.2, 0) is 4.79 Å². The first-order chi connectivity index (χ1) is 8.13. The molecule has 2 N–H and O–H groups in total. The molecule has 0 aliphatic carbocycles. The van der Waals surface area contributed by atoms with E-state index in [0.29, 0.717) is 18.4 Å². The summed E-state index contributed by atoms with van der Waals surface area (Å²) in [7, 11) is 4.11. The maximum absolute atomic E-state index is 11.7. The van der Waals surface area contributed by atoms with E-state index in [1.54, 1.807) is 0 Å². The molecule has 1 atom stereocenters. The summed E-state index contributed by atoms with van der Waals surface area (Å²) < 4.78 is 0. The van der Waals surface area contributed by atoms with Crippen LogP contribution in [0.15, 0.2) is 0 Å². The van der Waals surface area contributed by atoms with Crippen molar-refractivity contribution >= 4 is 5.91 Å². The molecule has 0 saturated heterocycles. The van der Waals surface area contributed by atoms with E-state index < -0.39 is 0 Å². The standard InChI is InChI=1S/C14H31N3O/c1-11(2)12(17(6)7)10-15-13(18)8-9-16-14(3,4)5/h11-12,16H,8-10H2,1-7H3,(H,15,18). The summed E-state index contributed by atoms with van der Waals surface area (Å²) in [5.41, 5.74) is 0.0738. The molecule has 0 bridgehead atoms. The number of carbonyl (C=O) groups is 1. The first-order valence-electron chi connectivity index (χ1n) is 6.81. The van der Waals surface area contributed by atoms with Crippen LogP contribution in [0.1, 0.15) is 41.0 Å². The molecule has 0 spiro atoms. The molecule has 0 saturated carbocycles. The van der Waals surface area contributed by atoms with Crippen molar-refractivity contribution in [3.8, 4) is 0 Å². The number of hydrogen-bond donors (Lipinski definition) is 2. The van der Waals surface area contributed by atoms with E-state index in [1.807, 2.05) is 0 Å². The Balaban J connectivity index is 3.89. The van der Waals surface area contributed by atoms with Gasteiger partial charge in [-0.2, -0.15) is 0 Å². The number of likely N-dealkylation sites (N-methyl/N-ethyl adjacent to an activating group) is 1. The highest BCUT2D eigenvalue weighted by atomic mass is 16.1. The molecule has 0 aromatic heterocycles. The third kappa shape index (κ3) is 8.48. The van der Waals surface area contributed by atoms with Crippen LogP contribution in [0.2, 0.25) is 0 Å². The predicted octanol–water partition coefficient (Wildman–Crippen LogP) is 1.47. The van der Waals surface area contributed by atoms with Crippen LogP contribution >= 0.6 is 0 Å². The van der Waals surface area contributed by atoms with Gasteiger partial charge in [0.25, 0.3) is 0 Å². The van der Waals surface area contributed by atoms with E-state index in [-0.39, 0.29) is 11.4 Å². The lowest BCUT2D eigenvalue weighted by molar-refractivity contribution is -0.121. The molecular weight excluding hydrogens is 226 g/mol. The molecule has 0 aromatic carbocycles. The van der Waals surface area contributed by atoms with E-state index in [1.165, 1.54) is 0 Å². The third-order valence-corrected chi connectivity index (χ3v) is 2.95. The van der Waals surface area contributed by atoms with Crippen LogP contribution in [-0.4, -0.2) is 49.6 Å². The van der Waals surface area contributed by atoms with Gasteiger partial charge in [-0.05, 0) is 40.8 Å². The van der Waals surface area contributed by atoms with Gasteiger partial charge in [-0.15, -0.1) is 0 Å². The molecule has 0 rings (SSSR count). The van der Waals surface area contributed by atoms with Crippen molar-refractivity contribution in [3.05, 3.63) is 0 Å². The Kier molecular flexibility index (Phi) is 7.48. The fourth-order valence-electron chi connectivity index (χ4n) is 1.87. The zero-order valence-corrected chi connectivity index (χ0v) is 13.1. The lowest BCUT2D eigenvalue weighted by Gasteiger charge is -2.28. The fraction of sp³-hybridized carbons (Fsp3) is 0.929. The summed E-state index contributed by atoms with van der Waals surface area (Å²) in [6.07, 6.45) is 0.537. The minimum Gasteiger partial charge on any atom is -0.354 e. The maximum Gasteiger partial charge on any atom is 0.221 e. The van der Waals surface area contributed by atoms with Crippen molar-refractivity contribution in [2.75, 3.05) is 27.2 Å². The zero-order valence-electron chi connectivity index (χ0n) is 13.1. The van der Waals surface area contributed by atoms with Gasteiger partial charge in [0.2, 0.25) is 5.91 Å². The van der Waals surface area contributed by atoms with E-state index >= 15 is 0 Å². The number of rotatable bonds is 7. The molecule has 0 aliphatic rings. The quantitative estimate of drug-likeness (QED) is 0.726. The normalized spacial score (nSPS) is 14.1. The van der Waals surface area contributed by atoms with Crippen LogP contribution in [0.5, 0.6) is 0 Å². The zero-order chi connectivity index (χ0) is 14.3. The highest BCUT2D eigenvalue weighted by molar-refractivity contribution is 5.76. The lowest BCUT2D eigenvalue weighted by Crippen LogP contribution is -2.44. The molecule has 0 aromatic rings. The Hall–Kier alpha value is -0.610. The minimum atomic E-state index is 0.0738. The van der Waals surface area contributed by atoms with Gasteiger partial charge in [-0.3, -0.25) is 4.79 Å². The van der Waals surface area contributed by atoms with Crippen molar-refractivity contribution in [1.82, 2.24) is 15.5 Å². The summed E-state index contributed by atoms with van der Waals surface area (Å²) >= 11 is 0. The van der Waals surface area contributed by atoms with Crippen molar-refractivity contribution in [3.63, 3.8) is 0 Å². The largest absolute Gasteiger partial charge is 0.354 e. The number of nitrogens with zero attached hydrogens (tertiary/aromatic N) is 1. The number of hydrogen-bond acceptors (Lipinski definition) is 3. The first kappa shape index (κ1) is 17.4. The lowest BCUT2D eigenvalue weighted by atomic mass is 10.0. The Bertz CT molecular complexity index is 236. The Labute approximate surface area is 113 Å². The van der Waals surface area contributed by atoms with Gasteiger partial charge in [0.05, 0.1) is 0 Å². The van der Waals surface area contributed by atoms with Crippen LogP contribution in [0.4, 0.5) is 0 Å². The van der Waals surface area contributed by atoms with E-state index in [9.17, 15) is 4.79 Å². The molecule has 18 heavy (non-hydrogen) atoms. The molecule has 0 heterocycles. The monoisotopic (exact) mass is 257 g/mol. The molecule has 1 amide bonds. The van der Waals surface area contributed by atoms with Gasteiger partial charge in [0, 0.05) is 31.1 Å². The Morgan fingerprint density at radius 3 is 2.17 bits per heavy atom. The Morgan fingerprint density at radius 2 is 1.78 bits per heavy atom. The number of carbonyl (C=O) groups excluding carboxylic acids is 1. The average molecular weight is 257 g/mol. The highest BCUT2D eigenvalue weighted by Gasteiger charge is 2.16. The van der Waals surface area contributed by atoms with Crippen LogP contribution < -0.4 is 10.6 Å². The SMILES string of the molecule is CC(C)C(CNC(=O)CCNC(C)(C)C)N(C)C. The van der Waals surface area contributed by atoms with Crippen molar-refractivity contribution in [2.24, 2.45) is 5.92 Å². The second-order valence-electron chi connectivity index (χ2n) is 6.51. The second kappa shape index (κ2) is 7.74. The Morgan fingerprint density at radius 1 is 1.22 bits per heavy atom. The molecule has 0 aliphatic heterocycles. The molecular formula is C14H31N3O. The first-order valence-corrected chi connectivity index (χ1v) is 6.81. The predicted molar refractivity (Wildman–Crippen MR) is 77.7 cm³/mol. The second-order valence-corrected chi connectivity index (χ2v) is 6.51. The van der Waals surface area contributed by atoms with Gasteiger partial charge in [0.1, 0.15) is 0 Å². The van der Waals surface area contributed by atoms with Crippen molar-refractivity contribution in [1.29, 1.82) is 0 Å². The molecule has 0 radical (unpaired) electrons. The number of amides is 1. The topological polar surface area (TPSA) is 44.4 Å². The highest BCUT2D eigenvalue weighted by Crippen LogP contribution is 2.06. The molecule has 1 unspecified atom stereocenters. The average Bonchev–Trinajstić information content (AvgIpc) is 2.14. The summed E-state index contributed by atoms with van der Waals surface area (Å²) in [6, 6.07) is 0.393. The molecule has 0 fully saturated rings. The van der Waals surface area contributed by atoms with E-state index in [4.69, 9.17) is 0 Å². The molecule has 108 valence electrons. The van der Waals surface area contributed by atoms with Crippen LogP contribution in [0, 0.1) is 5.92 Å². The molecule has 4 nitrogen and oxygen atoms in total. The van der Waals surface area contributed by atoms with Crippen molar-refractivity contribution < 1.29 is 4.79 Å². The van der Waals surface area contributed by atoms with Gasteiger partial charge in [0.15, 0.2) is 0 Å². The minimum absolute atomic E-state index is 0.0738. The summed E-state index contributed by atoms with van der Waals surface area (Å²) in [6.45, 7) is 12.1. The third-order valence-electron chi connectivity index (χ3n) is 2.95. The van der Waals surface area contributed by atoms with Gasteiger partial charge in [-0.25, -0.2) is 0 Å². The van der Waals surface area contributed by atoms with E-state index in [2.05, 4.69) is 64.2 Å².